The van der Waals surface area contributed by atoms with Crippen molar-refractivity contribution in [2.45, 2.75) is 44.6 Å². The first-order valence-corrected chi connectivity index (χ1v) is 9.23. The SMILES string of the molecule is CCC(CC(=O)N1C[C@@H](N)[C@H](c2ccccc2)C1)c1ccc(C)cc1. The molecule has 25 heavy (non-hydrogen) atoms. The third-order valence-electron chi connectivity index (χ3n) is 5.41. The van der Waals surface area contributed by atoms with Gasteiger partial charge in [-0.15, -0.1) is 0 Å². The van der Waals surface area contributed by atoms with Gasteiger partial charge in [0.15, 0.2) is 0 Å². The average Bonchev–Trinajstić information content (AvgIpc) is 3.03. The number of carbonyl (C=O) groups is 1. The van der Waals surface area contributed by atoms with Crippen LogP contribution in [-0.2, 0) is 4.79 Å². The van der Waals surface area contributed by atoms with Crippen molar-refractivity contribution >= 4 is 5.91 Å². The molecule has 132 valence electrons. The first kappa shape index (κ1) is 17.7. The molecule has 3 atom stereocenters. The van der Waals surface area contributed by atoms with Gasteiger partial charge in [0, 0.05) is 31.5 Å². The smallest absolute Gasteiger partial charge is 0.223 e. The van der Waals surface area contributed by atoms with Crippen molar-refractivity contribution in [3.63, 3.8) is 0 Å². The van der Waals surface area contributed by atoms with E-state index in [1.165, 1.54) is 16.7 Å². The van der Waals surface area contributed by atoms with Gasteiger partial charge in [-0.1, -0.05) is 67.1 Å². The van der Waals surface area contributed by atoms with E-state index in [9.17, 15) is 4.79 Å². The second-order valence-electron chi connectivity index (χ2n) is 7.20. The van der Waals surface area contributed by atoms with Crippen molar-refractivity contribution in [3.05, 3.63) is 71.3 Å². The van der Waals surface area contributed by atoms with Gasteiger partial charge in [-0.3, -0.25) is 4.79 Å². The minimum absolute atomic E-state index is 0.0193. The van der Waals surface area contributed by atoms with E-state index >= 15 is 0 Å². The van der Waals surface area contributed by atoms with Gasteiger partial charge in [-0.05, 0) is 30.4 Å². The molecule has 2 aromatic carbocycles. The number of aryl methyl sites for hydroxylation is 1. The predicted molar refractivity (Wildman–Crippen MR) is 103 cm³/mol. The molecule has 0 radical (unpaired) electrons. The third kappa shape index (κ3) is 4.10. The summed E-state index contributed by atoms with van der Waals surface area (Å²) in [5.41, 5.74) is 10.1. The summed E-state index contributed by atoms with van der Waals surface area (Å²) in [5.74, 6) is 0.742. The lowest BCUT2D eigenvalue weighted by Crippen LogP contribution is -2.32. The number of nitrogens with two attached hydrogens (primary N) is 1. The number of rotatable bonds is 5. The van der Waals surface area contributed by atoms with Crippen molar-refractivity contribution < 1.29 is 4.79 Å². The maximum atomic E-state index is 12.8. The number of likely N-dealkylation sites (tertiary alicyclic amines) is 1. The van der Waals surface area contributed by atoms with Gasteiger partial charge in [0.25, 0.3) is 0 Å². The normalized spacial score (nSPS) is 21.3. The highest BCUT2D eigenvalue weighted by Gasteiger charge is 2.34. The van der Waals surface area contributed by atoms with Crippen molar-refractivity contribution in [2.24, 2.45) is 5.73 Å². The van der Waals surface area contributed by atoms with Gasteiger partial charge in [-0.25, -0.2) is 0 Å². The zero-order chi connectivity index (χ0) is 17.8. The molecule has 3 rings (SSSR count). The molecule has 2 aromatic rings. The van der Waals surface area contributed by atoms with E-state index in [2.05, 4.69) is 50.2 Å². The van der Waals surface area contributed by atoms with Crippen LogP contribution in [0.5, 0.6) is 0 Å². The van der Waals surface area contributed by atoms with Gasteiger partial charge in [0.2, 0.25) is 5.91 Å². The minimum Gasteiger partial charge on any atom is -0.340 e. The van der Waals surface area contributed by atoms with Gasteiger partial charge in [-0.2, -0.15) is 0 Å². The summed E-state index contributed by atoms with van der Waals surface area (Å²) in [6, 6.07) is 18.9. The van der Waals surface area contributed by atoms with E-state index in [1.807, 2.05) is 23.1 Å². The second kappa shape index (κ2) is 7.83. The molecule has 1 aliphatic rings. The third-order valence-corrected chi connectivity index (χ3v) is 5.41. The Bertz CT molecular complexity index is 696. The Morgan fingerprint density at radius 1 is 1.12 bits per heavy atom. The molecule has 3 nitrogen and oxygen atoms in total. The van der Waals surface area contributed by atoms with Crippen LogP contribution in [0, 0.1) is 6.92 Å². The van der Waals surface area contributed by atoms with Crippen LogP contribution in [0.15, 0.2) is 54.6 Å². The minimum atomic E-state index is 0.0193. The molecule has 1 amide bonds. The Kier molecular flexibility index (Phi) is 5.54. The van der Waals surface area contributed by atoms with Crippen molar-refractivity contribution in [1.82, 2.24) is 4.90 Å². The van der Waals surface area contributed by atoms with Crippen LogP contribution in [-0.4, -0.2) is 29.9 Å². The molecule has 1 saturated heterocycles. The molecule has 0 aliphatic carbocycles. The van der Waals surface area contributed by atoms with Crippen LogP contribution in [0.25, 0.3) is 0 Å². The lowest BCUT2D eigenvalue weighted by Gasteiger charge is -2.21. The molecule has 3 heteroatoms. The van der Waals surface area contributed by atoms with E-state index in [0.717, 1.165) is 13.0 Å². The van der Waals surface area contributed by atoms with E-state index in [0.29, 0.717) is 13.0 Å². The summed E-state index contributed by atoms with van der Waals surface area (Å²) < 4.78 is 0. The molecule has 0 bridgehead atoms. The summed E-state index contributed by atoms with van der Waals surface area (Å²) in [6.45, 7) is 5.63. The van der Waals surface area contributed by atoms with E-state index in [-0.39, 0.29) is 23.8 Å². The number of hydrogen-bond donors (Lipinski definition) is 1. The van der Waals surface area contributed by atoms with Crippen LogP contribution in [0.4, 0.5) is 0 Å². The molecule has 1 unspecified atom stereocenters. The quantitative estimate of drug-likeness (QED) is 0.902. The van der Waals surface area contributed by atoms with E-state index < -0.39 is 0 Å². The number of amides is 1. The van der Waals surface area contributed by atoms with Crippen LogP contribution in [0.2, 0.25) is 0 Å². The average molecular weight is 336 g/mol. The second-order valence-corrected chi connectivity index (χ2v) is 7.20. The summed E-state index contributed by atoms with van der Waals surface area (Å²) >= 11 is 0. The first-order valence-electron chi connectivity index (χ1n) is 9.23. The zero-order valence-electron chi connectivity index (χ0n) is 15.2. The van der Waals surface area contributed by atoms with Crippen LogP contribution >= 0.6 is 0 Å². The van der Waals surface area contributed by atoms with Gasteiger partial charge < -0.3 is 10.6 Å². The van der Waals surface area contributed by atoms with Crippen molar-refractivity contribution in [1.29, 1.82) is 0 Å². The van der Waals surface area contributed by atoms with Gasteiger partial charge >= 0.3 is 0 Å². The topological polar surface area (TPSA) is 46.3 Å². The molecule has 1 aliphatic heterocycles. The van der Waals surface area contributed by atoms with E-state index in [1.54, 1.807) is 0 Å². The van der Waals surface area contributed by atoms with Gasteiger partial charge in [0.1, 0.15) is 0 Å². The van der Waals surface area contributed by atoms with Crippen molar-refractivity contribution in [2.75, 3.05) is 13.1 Å². The highest BCUT2D eigenvalue weighted by molar-refractivity contribution is 5.77. The molecular formula is C22H28N2O. The Hall–Kier alpha value is -2.13. The standard InChI is InChI=1S/C22H28N2O/c1-3-17(18-11-9-16(2)10-12-18)13-22(25)24-14-20(21(23)15-24)19-7-5-4-6-8-19/h4-12,17,20-21H,3,13-15,23H2,1-2H3/t17?,20-,21+/m0/s1. The number of nitrogens with zero attached hydrogens (tertiary/aromatic N) is 1. The maximum Gasteiger partial charge on any atom is 0.223 e. The lowest BCUT2D eigenvalue weighted by atomic mass is 9.92. The molecule has 0 spiro atoms. The predicted octanol–water partition coefficient (Wildman–Crippen LogP) is 3.83. The largest absolute Gasteiger partial charge is 0.340 e. The fraction of sp³-hybridized carbons (Fsp3) is 0.409. The molecule has 2 N–H and O–H groups in total. The first-order chi connectivity index (χ1) is 12.1. The van der Waals surface area contributed by atoms with Crippen LogP contribution < -0.4 is 5.73 Å². The number of hydrogen-bond acceptors (Lipinski definition) is 2. The number of benzene rings is 2. The van der Waals surface area contributed by atoms with Crippen LogP contribution in [0.1, 0.15) is 48.3 Å². The van der Waals surface area contributed by atoms with Crippen LogP contribution in [0.3, 0.4) is 0 Å². The Balaban J connectivity index is 1.66. The van der Waals surface area contributed by atoms with Gasteiger partial charge in [0.05, 0.1) is 0 Å². The Morgan fingerprint density at radius 3 is 2.44 bits per heavy atom. The lowest BCUT2D eigenvalue weighted by molar-refractivity contribution is -0.130. The van der Waals surface area contributed by atoms with Crippen molar-refractivity contribution in [3.8, 4) is 0 Å². The zero-order valence-corrected chi connectivity index (χ0v) is 15.2. The molecule has 0 aromatic heterocycles. The Labute approximate surface area is 150 Å². The Morgan fingerprint density at radius 2 is 1.80 bits per heavy atom. The fourth-order valence-electron chi connectivity index (χ4n) is 3.76. The molecule has 0 saturated carbocycles. The monoisotopic (exact) mass is 336 g/mol. The number of carbonyl (C=O) groups excluding carboxylic acids is 1. The fourth-order valence-corrected chi connectivity index (χ4v) is 3.76. The summed E-state index contributed by atoms with van der Waals surface area (Å²) in [7, 11) is 0. The molecule has 1 fully saturated rings. The highest BCUT2D eigenvalue weighted by Crippen LogP contribution is 2.29. The molecular weight excluding hydrogens is 308 g/mol. The molecule has 1 heterocycles. The summed E-state index contributed by atoms with van der Waals surface area (Å²) in [6.07, 6.45) is 1.53. The van der Waals surface area contributed by atoms with E-state index in [4.69, 9.17) is 5.73 Å². The summed E-state index contributed by atoms with van der Waals surface area (Å²) in [5, 5.41) is 0. The highest BCUT2D eigenvalue weighted by atomic mass is 16.2. The maximum absolute atomic E-state index is 12.8. The summed E-state index contributed by atoms with van der Waals surface area (Å²) in [4.78, 5) is 14.8.